The van der Waals surface area contributed by atoms with Crippen LogP contribution in [-0.2, 0) is 24.1 Å². The predicted octanol–water partition coefficient (Wildman–Crippen LogP) is 2.42. The fourth-order valence-electron chi connectivity index (χ4n) is 3.28. The fraction of sp³-hybridized carbons (Fsp3) is 0.579. The third kappa shape index (κ3) is 4.76. The van der Waals surface area contributed by atoms with Crippen LogP contribution >= 0.6 is 0 Å². The number of rotatable bonds is 4. The number of sulfone groups is 1. The SMILES string of the molecule is COc1ccc(C2(CC(=O)O)CCN(C(=O)OC(C)(C)C)CCS2(=O)=O)cc1. The normalized spacial score (nSPS) is 22.2. The lowest BCUT2D eigenvalue weighted by molar-refractivity contribution is -0.137. The van der Waals surface area contributed by atoms with Crippen molar-refractivity contribution in [1.82, 2.24) is 4.90 Å². The Balaban J connectivity index is 2.43. The Morgan fingerprint density at radius 3 is 2.29 bits per heavy atom. The van der Waals surface area contributed by atoms with E-state index in [1.165, 1.54) is 12.0 Å². The first kappa shape index (κ1) is 22.0. The van der Waals surface area contributed by atoms with Crippen LogP contribution < -0.4 is 4.74 Å². The second kappa shape index (κ2) is 7.98. The average molecular weight is 413 g/mol. The van der Waals surface area contributed by atoms with Gasteiger partial charge in [0, 0.05) is 13.1 Å². The van der Waals surface area contributed by atoms with Crippen molar-refractivity contribution < 1.29 is 32.6 Å². The summed E-state index contributed by atoms with van der Waals surface area (Å²) in [6.45, 7) is 5.21. The molecule has 1 amide bonds. The average Bonchev–Trinajstić information content (AvgIpc) is 2.70. The molecule has 0 aliphatic carbocycles. The van der Waals surface area contributed by atoms with Crippen molar-refractivity contribution in [1.29, 1.82) is 0 Å². The predicted molar refractivity (Wildman–Crippen MR) is 103 cm³/mol. The van der Waals surface area contributed by atoms with Crippen molar-refractivity contribution in [3.8, 4) is 5.75 Å². The van der Waals surface area contributed by atoms with E-state index in [1.807, 2.05) is 0 Å². The van der Waals surface area contributed by atoms with Gasteiger partial charge >= 0.3 is 12.1 Å². The van der Waals surface area contributed by atoms with Crippen LogP contribution in [0.4, 0.5) is 4.79 Å². The Morgan fingerprint density at radius 1 is 1.18 bits per heavy atom. The number of amides is 1. The van der Waals surface area contributed by atoms with Gasteiger partial charge in [0.05, 0.1) is 19.3 Å². The minimum Gasteiger partial charge on any atom is -0.497 e. The van der Waals surface area contributed by atoms with Crippen molar-refractivity contribution in [2.45, 2.75) is 44.0 Å². The standard InChI is InChI=1S/C19H27NO7S/c1-18(2,3)27-17(23)20-10-9-19(13-16(21)22,28(24,25)12-11-20)14-5-7-15(26-4)8-6-14/h5-8H,9-13H2,1-4H3,(H,21,22). The van der Waals surface area contributed by atoms with Crippen LogP contribution in [0.25, 0.3) is 0 Å². The quantitative estimate of drug-likeness (QED) is 0.807. The number of carbonyl (C=O) groups is 2. The second-order valence-corrected chi connectivity index (χ2v) is 10.2. The van der Waals surface area contributed by atoms with Gasteiger partial charge in [-0.2, -0.15) is 0 Å². The third-order valence-corrected chi connectivity index (χ3v) is 7.21. The van der Waals surface area contributed by atoms with Gasteiger partial charge in [0.2, 0.25) is 0 Å². The van der Waals surface area contributed by atoms with Gasteiger partial charge in [-0.3, -0.25) is 4.79 Å². The number of hydrogen-bond acceptors (Lipinski definition) is 6. The summed E-state index contributed by atoms with van der Waals surface area (Å²) in [7, 11) is -2.38. The largest absolute Gasteiger partial charge is 0.497 e. The van der Waals surface area contributed by atoms with Crippen LogP contribution in [0.1, 0.15) is 39.2 Å². The molecule has 1 aliphatic rings. The molecule has 0 radical (unpaired) electrons. The molecule has 1 heterocycles. The number of benzene rings is 1. The molecule has 2 rings (SSSR count). The summed E-state index contributed by atoms with van der Waals surface area (Å²) < 4.78 is 35.2. The summed E-state index contributed by atoms with van der Waals surface area (Å²) in [5.41, 5.74) is -0.335. The molecule has 1 aromatic carbocycles. The van der Waals surface area contributed by atoms with Crippen LogP contribution in [0.5, 0.6) is 5.75 Å². The molecule has 1 fully saturated rings. The van der Waals surface area contributed by atoms with E-state index in [1.54, 1.807) is 45.0 Å². The topological polar surface area (TPSA) is 110 Å². The molecule has 1 unspecified atom stereocenters. The number of nitrogens with zero attached hydrogens (tertiary/aromatic N) is 1. The monoisotopic (exact) mass is 413 g/mol. The van der Waals surface area contributed by atoms with E-state index in [-0.39, 0.29) is 25.3 Å². The van der Waals surface area contributed by atoms with Crippen molar-refractivity contribution >= 4 is 21.9 Å². The summed E-state index contributed by atoms with van der Waals surface area (Å²) in [5, 5.41) is 9.45. The van der Waals surface area contributed by atoms with E-state index in [2.05, 4.69) is 0 Å². The van der Waals surface area contributed by atoms with Gasteiger partial charge in [0.1, 0.15) is 16.1 Å². The maximum atomic E-state index is 13.2. The molecule has 0 bridgehead atoms. The lowest BCUT2D eigenvalue weighted by Crippen LogP contribution is -2.40. The Labute approximate surface area is 165 Å². The molecular formula is C19H27NO7S. The molecule has 1 atom stereocenters. The van der Waals surface area contributed by atoms with Crippen molar-refractivity contribution in [3.63, 3.8) is 0 Å². The number of carboxylic acids is 1. The van der Waals surface area contributed by atoms with Gasteiger partial charge in [0.25, 0.3) is 0 Å². The minimum atomic E-state index is -3.87. The lowest BCUT2D eigenvalue weighted by atomic mass is 9.91. The highest BCUT2D eigenvalue weighted by molar-refractivity contribution is 7.92. The van der Waals surface area contributed by atoms with Crippen molar-refractivity contribution in [3.05, 3.63) is 29.8 Å². The van der Waals surface area contributed by atoms with Crippen LogP contribution in [0, 0.1) is 0 Å². The van der Waals surface area contributed by atoms with Crippen LogP contribution in [0.3, 0.4) is 0 Å². The lowest BCUT2D eigenvalue weighted by Gasteiger charge is -2.31. The van der Waals surface area contributed by atoms with E-state index < -0.39 is 38.7 Å². The van der Waals surface area contributed by atoms with E-state index in [0.717, 1.165) is 0 Å². The Hall–Kier alpha value is -2.29. The zero-order chi connectivity index (χ0) is 21.2. The van der Waals surface area contributed by atoms with Gasteiger partial charge in [-0.15, -0.1) is 0 Å². The molecule has 8 nitrogen and oxygen atoms in total. The first-order valence-corrected chi connectivity index (χ1v) is 10.6. The molecule has 28 heavy (non-hydrogen) atoms. The summed E-state index contributed by atoms with van der Waals surface area (Å²) in [4.78, 5) is 25.3. The molecule has 1 saturated heterocycles. The van der Waals surface area contributed by atoms with Gasteiger partial charge in [-0.05, 0) is 44.9 Å². The number of methoxy groups -OCH3 is 1. The summed E-state index contributed by atoms with van der Waals surface area (Å²) in [6.07, 6.45) is -1.22. The van der Waals surface area contributed by atoms with Gasteiger partial charge in [-0.1, -0.05) is 12.1 Å². The Morgan fingerprint density at radius 2 is 1.79 bits per heavy atom. The molecule has 1 N–H and O–H groups in total. The first-order valence-electron chi connectivity index (χ1n) is 8.97. The van der Waals surface area contributed by atoms with E-state index in [4.69, 9.17) is 9.47 Å². The maximum Gasteiger partial charge on any atom is 0.410 e. The third-order valence-electron chi connectivity index (χ3n) is 4.72. The molecule has 0 saturated carbocycles. The Kier molecular flexibility index (Phi) is 6.27. The van der Waals surface area contributed by atoms with Crippen molar-refractivity contribution in [2.75, 3.05) is 26.0 Å². The number of ether oxygens (including phenoxy) is 2. The molecule has 156 valence electrons. The smallest absolute Gasteiger partial charge is 0.410 e. The number of aliphatic carboxylic acids is 1. The maximum absolute atomic E-state index is 13.2. The zero-order valence-electron chi connectivity index (χ0n) is 16.6. The number of carbonyl (C=O) groups excluding carboxylic acids is 1. The summed E-state index contributed by atoms with van der Waals surface area (Å²) >= 11 is 0. The fourth-order valence-corrected chi connectivity index (χ4v) is 5.37. The minimum absolute atomic E-state index is 0.0345. The molecule has 9 heteroatoms. The van der Waals surface area contributed by atoms with Crippen molar-refractivity contribution in [2.24, 2.45) is 0 Å². The molecular weight excluding hydrogens is 386 g/mol. The molecule has 1 aliphatic heterocycles. The van der Waals surface area contributed by atoms with Gasteiger partial charge in [-0.25, -0.2) is 13.2 Å². The summed E-state index contributed by atoms with van der Waals surface area (Å²) in [5.74, 6) is -1.02. The van der Waals surface area contributed by atoms with Crippen LogP contribution in [0.2, 0.25) is 0 Å². The second-order valence-electron chi connectivity index (χ2n) is 7.83. The highest BCUT2D eigenvalue weighted by atomic mass is 32.2. The van der Waals surface area contributed by atoms with Crippen LogP contribution in [-0.4, -0.2) is 62.0 Å². The number of hydrogen-bond donors (Lipinski definition) is 1. The molecule has 0 aromatic heterocycles. The van der Waals surface area contributed by atoms with Gasteiger partial charge < -0.3 is 19.5 Å². The van der Waals surface area contributed by atoms with Gasteiger partial charge in [0.15, 0.2) is 9.84 Å². The highest BCUT2D eigenvalue weighted by Crippen LogP contribution is 2.41. The highest BCUT2D eigenvalue weighted by Gasteiger charge is 2.49. The van der Waals surface area contributed by atoms with E-state index >= 15 is 0 Å². The zero-order valence-corrected chi connectivity index (χ0v) is 17.4. The molecule has 1 aromatic rings. The first-order chi connectivity index (χ1) is 12.9. The Bertz CT molecular complexity index is 827. The molecule has 0 spiro atoms. The van der Waals surface area contributed by atoms with Crippen LogP contribution in [0.15, 0.2) is 24.3 Å². The van der Waals surface area contributed by atoms with E-state index in [0.29, 0.717) is 11.3 Å². The van der Waals surface area contributed by atoms with E-state index in [9.17, 15) is 23.1 Å². The summed E-state index contributed by atoms with van der Waals surface area (Å²) in [6, 6.07) is 6.35. The number of carboxylic acid groups (broad SMARTS) is 1.